The smallest absolute Gasteiger partial charge is 0.0644 e. The van der Waals surface area contributed by atoms with E-state index in [1.807, 2.05) is 0 Å². The minimum Gasteiger partial charge on any atom is -0.393 e. The summed E-state index contributed by atoms with van der Waals surface area (Å²) < 4.78 is 0. The molecule has 32 heavy (non-hydrogen) atoms. The van der Waals surface area contributed by atoms with E-state index in [4.69, 9.17) is 0 Å². The highest BCUT2D eigenvalue weighted by atomic mass is 16.3. The lowest BCUT2D eigenvalue weighted by Gasteiger charge is -2.73. The van der Waals surface area contributed by atoms with Crippen LogP contribution in [-0.4, -0.2) is 22.9 Å². The SMILES string of the molecule is C[C@H]1[C@@H](O)CC[C@H]2[C@]1(C)CC[C@H]1[C@@]2(C)CC[C@@]2(C)[C@@H]3CC(C)(C)CCC3=C(CO)C[C@]12C. The molecule has 5 aliphatic rings. The van der Waals surface area contributed by atoms with Crippen LogP contribution in [0, 0.1) is 50.7 Å². The Kier molecular flexibility index (Phi) is 5.19. The average Bonchev–Trinajstić information content (AvgIpc) is 2.72. The van der Waals surface area contributed by atoms with Gasteiger partial charge in [0.2, 0.25) is 0 Å². The highest BCUT2D eigenvalue weighted by molar-refractivity contribution is 5.33. The molecular formula is C30H50O2. The summed E-state index contributed by atoms with van der Waals surface area (Å²) in [5.74, 6) is 2.50. The number of aliphatic hydroxyl groups excluding tert-OH is 2. The lowest BCUT2D eigenvalue weighted by Crippen LogP contribution is -2.66. The van der Waals surface area contributed by atoms with Crippen LogP contribution < -0.4 is 0 Å². The molecule has 0 aromatic heterocycles. The highest BCUT2D eigenvalue weighted by Gasteiger charge is 2.69. The second kappa shape index (κ2) is 7.09. The van der Waals surface area contributed by atoms with E-state index in [2.05, 4.69) is 48.5 Å². The van der Waals surface area contributed by atoms with Gasteiger partial charge in [0.15, 0.2) is 0 Å². The quantitative estimate of drug-likeness (QED) is 0.424. The van der Waals surface area contributed by atoms with Crippen molar-refractivity contribution < 1.29 is 10.2 Å². The number of rotatable bonds is 1. The van der Waals surface area contributed by atoms with Crippen molar-refractivity contribution in [1.29, 1.82) is 0 Å². The Hall–Kier alpha value is -0.340. The molecule has 0 unspecified atom stereocenters. The number of hydrogen-bond acceptors (Lipinski definition) is 2. The van der Waals surface area contributed by atoms with Gasteiger partial charge < -0.3 is 10.2 Å². The molecule has 0 radical (unpaired) electrons. The van der Waals surface area contributed by atoms with E-state index in [0.717, 1.165) is 24.7 Å². The minimum atomic E-state index is -0.119. The van der Waals surface area contributed by atoms with Crippen LogP contribution >= 0.6 is 0 Å². The van der Waals surface area contributed by atoms with E-state index in [1.54, 1.807) is 5.57 Å². The molecule has 0 saturated heterocycles. The fourth-order valence-electron chi connectivity index (χ4n) is 10.9. The molecule has 0 aromatic carbocycles. The van der Waals surface area contributed by atoms with Gasteiger partial charge in [0.1, 0.15) is 0 Å². The van der Waals surface area contributed by atoms with Gasteiger partial charge in [0.25, 0.3) is 0 Å². The van der Waals surface area contributed by atoms with Crippen LogP contribution in [0.2, 0.25) is 0 Å². The molecule has 2 nitrogen and oxygen atoms in total. The third kappa shape index (κ3) is 2.84. The predicted octanol–water partition coefficient (Wildman–Crippen LogP) is 7.14. The largest absolute Gasteiger partial charge is 0.393 e. The van der Waals surface area contributed by atoms with Gasteiger partial charge in [-0.3, -0.25) is 0 Å². The molecule has 9 atom stereocenters. The summed E-state index contributed by atoms with van der Waals surface area (Å²) in [5, 5.41) is 21.3. The van der Waals surface area contributed by atoms with Gasteiger partial charge in [-0.25, -0.2) is 0 Å². The lowest BCUT2D eigenvalue weighted by atomic mass is 9.32. The zero-order valence-electron chi connectivity index (χ0n) is 22.1. The van der Waals surface area contributed by atoms with Crippen LogP contribution in [0.4, 0.5) is 0 Å². The molecule has 4 saturated carbocycles. The minimum absolute atomic E-state index is 0.119. The number of allylic oxidation sites excluding steroid dienone is 1. The monoisotopic (exact) mass is 442 g/mol. The zero-order valence-corrected chi connectivity index (χ0v) is 22.1. The number of fused-ring (bicyclic) bond motifs is 7. The third-order valence-corrected chi connectivity index (χ3v) is 13.2. The maximum absolute atomic E-state index is 10.8. The van der Waals surface area contributed by atoms with Crippen molar-refractivity contribution in [3.8, 4) is 0 Å². The summed E-state index contributed by atoms with van der Waals surface area (Å²) >= 11 is 0. The Morgan fingerprint density at radius 3 is 2.22 bits per heavy atom. The van der Waals surface area contributed by atoms with Crippen molar-refractivity contribution in [2.75, 3.05) is 6.61 Å². The molecule has 5 rings (SSSR count). The van der Waals surface area contributed by atoms with E-state index in [-0.39, 0.29) is 23.5 Å². The second-order valence-electron chi connectivity index (χ2n) is 14.8. The third-order valence-electron chi connectivity index (χ3n) is 13.2. The Bertz CT molecular complexity index is 812. The van der Waals surface area contributed by atoms with Gasteiger partial charge in [-0.05, 0) is 121 Å². The van der Waals surface area contributed by atoms with E-state index in [9.17, 15) is 10.2 Å². The van der Waals surface area contributed by atoms with Crippen LogP contribution in [0.25, 0.3) is 0 Å². The first-order valence-corrected chi connectivity index (χ1v) is 13.8. The summed E-state index contributed by atoms with van der Waals surface area (Å²) in [4.78, 5) is 0. The van der Waals surface area contributed by atoms with Gasteiger partial charge in [0.05, 0.1) is 12.7 Å². The summed E-state index contributed by atoms with van der Waals surface area (Å²) in [6, 6.07) is 0. The van der Waals surface area contributed by atoms with Crippen molar-refractivity contribution in [2.24, 2.45) is 50.7 Å². The molecule has 182 valence electrons. The molecule has 4 fully saturated rings. The van der Waals surface area contributed by atoms with E-state index in [0.29, 0.717) is 28.1 Å². The maximum atomic E-state index is 10.8. The summed E-state index contributed by atoms with van der Waals surface area (Å²) in [6.45, 7) is 18.0. The maximum Gasteiger partial charge on any atom is 0.0644 e. The summed E-state index contributed by atoms with van der Waals surface area (Å²) in [7, 11) is 0. The van der Waals surface area contributed by atoms with Gasteiger partial charge >= 0.3 is 0 Å². The molecule has 5 aliphatic carbocycles. The first-order valence-electron chi connectivity index (χ1n) is 13.8. The fraction of sp³-hybridized carbons (Fsp3) is 0.933. The predicted molar refractivity (Wildman–Crippen MR) is 132 cm³/mol. The van der Waals surface area contributed by atoms with Crippen LogP contribution in [-0.2, 0) is 0 Å². The van der Waals surface area contributed by atoms with Crippen LogP contribution in [0.15, 0.2) is 11.1 Å². The lowest BCUT2D eigenvalue weighted by molar-refractivity contribution is -0.230. The van der Waals surface area contributed by atoms with E-state index in [1.165, 1.54) is 56.9 Å². The van der Waals surface area contributed by atoms with Crippen molar-refractivity contribution in [3.05, 3.63) is 11.1 Å². The highest BCUT2D eigenvalue weighted by Crippen LogP contribution is 2.76. The number of aliphatic hydroxyl groups is 2. The van der Waals surface area contributed by atoms with Crippen molar-refractivity contribution in [2.45, 2.75) is 119 Å². The molecular weight excluding hydrogens is 392 g/mol. The molecule has 2 heteroatoms. The molecule has 2 N–H and O–H groups in total. The Morgan fingerprint density at radius 1 is 0.812 bits per heavy atom. The Labute approximate surface area is 197 Å². The van der Waals surface area contributed by atoms with Gasteiger partial charge in [-0.1, -0.05) is 54.0 Å². The van der Waals surface area contributed by atoms with Crippen LogP contribution in [0.5, 0.6) is 0 Å². The van der Waals surface area contributed by atoms with Gasteiger partial charge in [-0.2, -0.15) is 0 Å². The molecule has 0 spiro atoms. The first-order chi connectivity index (χ1) is 14.8. The van der Waals surface area contributed by atoms with Gasteiger partial charge in [0, 0.05) is 0 Å². The summed E-state index contributed by atoms with van der Waals surface area (Å²) in [5.41, 5.74) is 4.72. The second-order valence-corrected chi connectivity index (χ2v) is 14.8. The summed E-state index contributed by atoms with van der Waals surface area (Å²) in [6.07, 6.45) is 12.2. The average molecular weight is 443 g/mol. The molecule has 0 aromatic rings. The van der Waals surface area contributed by atoms with E-state index >= 15 is 0 Å². The molecule has 0 heterocycles. The topological polar surface area (TPSA) is 40.5 Å². The van der Waals surface area contributed by atoms with E-state index < -0.39 is 0 Å². The zero-order chi connectivity index (χ0) is 23.3. The normalized spacial score (nSPS) is 54.8. The first kappa shape index (κ1) is 23.4. The Morgan fingerprint density at radius 2 is 1.53 bits per heavy atom. The van der Waals surface area contributed by atoms with Crippen molar-refractivity contribution >= 4 is 0 Å². The molecule has 0 amide bonds. The van der Waals surface area contributed by atoms with Crippen LogP contribution in [0.3, 0.4) is 0 Å². The fourth-order valence-corrected chi connectivity index (χ4v) is 10.9. The van der Waals surface area contributed by atoms with Crippen molar-refractivity contribution in [1.82, 2.24) is 0 Å². The Balaban J connectivity index is 1.59. The molecule has 0 bridgehead atoms. The van der Waals surface area contributed by atoms with Crippen LogP contribution in [0.1, 0.15) is 113 Å². The van der Waals surface area contributed by atoms with Gasteiger partial charge in [-0.15, -0.1) is 0 Å². The standard InChI is InChI=1S/C30H50O2/c1-19-23(32)8-9-24-27(19,4)13-11-25-28(24,5)14-15-29(6)22-17-26(2,3)12-10-21(22)20(18-31)16-30(25,29)7/h19,22-25,31-32H,8-18H2,1-7H3/t19-,22+,23-,24-,25-,27+,28-,29-,30+/m0/s1. The number of hydrogen-bond donors (Lipinski definition) is 2. The van der Waals surface area contributed by atoms with Crippen molar-refractivity contribution in [3.63, 3.8) is 0 Å². The molecule has 0 aliphatic heterocycles.